The van der Waals surface area contributed by atoms with Crippen molar-refractivity contribution in [2.45, 2.75) is 20.3 Å². The number of carbonyl (C=O) groups is 2. The lowest BCUT2D eigenvalue weighted by molar-refractivity contribution is -0.132. The maximum absolute atomic E-state index is 12.4. The molecule has 6 heteroatoms. The molecule has 0 aromatic heterocycles. The van der Waals surface area contributed by atoms with Crippen molar-refractivity contribution in [1.29, 1.82) is 0 Å². The van der Waals surface area contributed by atoms with E-state index < -0.39 is 0 Å². The van der Waals surface area contributed by atoms with Gasteiger partial charge in [0.25, 0.3) is 5.91 Å². The Labute approximate surface area is 172 Å². The van der Waals surface area contributed by atoms with Gasteiger partial charge in [0, 0.05) is 49.5 Å². The lowest BCUT2D eigenvalue weighted by Gasteiger charge is -2.36. The molecule has 1 N–H and O–H groups in total. The number of carbonyl (C=O) groups excluding carboxylic acids is 2. The van der Waals surface area contributed by atoms with Crippen LogP contribution in [0.1, 0.15) is 30.6 Å². The third kappa shape index (κ3) is 5.50. The van der Waals surface area contributed by atoms with E-state index in [4.69, 9.17) is 4.74 Å². The quantitative estimate of drug-likeness (QED) is 0.811. The molecular weight excluding hydrogens is 366 g/mol. The summed E-state index contributed by atoms with van der Waals surface area (Å²) >= 11 is 0. The van der Waals surface area contributed by atoms with Crippen molar-refractivity contribution in [3.8, 4) is 5.75 Å². The molecule has 0 atom stereocenters. The van der Waals surface area contributed by atoms with Crippen molar-refractivity contribution in [2.75, 3.05) is 43.5 Å². The fourth-order valence-corrected chi connectivity index (χ4v) is 3.39. The Kier molecular flexibility index (Phi) is 6.75. The van der Waals surface area contributed by atoms with Gasteiger partial charge in [0.2, 0.25) is 5.91 Å². The Morgan fingerprint density at radius 3 is 2.14 bits per heavy atom. The van der Waals surface area contributed by atoms with E-state index in [9.17, 15) is 9.59 Å². The van der Waals surface area contributed by atoms with Gasteiger partial charge in [0.15, 0.2) is 0 Å². The Morgan fingerprint density at radius 1 is 0.966 bits per heavy atom. The first-order valence-electron chi connectivity index (χ1n) is 10.0. The zero-order valence-electron chi connectivity index (χ0n) is 17.4. The minimum atomic E-state index is -0.155. The van der Waals surface area contributed by atoms with E-state index in [0.717, 1.165) is 43.3 Å². The summed E-state index contributed by atoms with van der Waals surface area (Å²) in [6.07, 6.45) is 0.614. The molecule has 1 aliphatic rings. The summed E-state index contributed by atoms with van der Waals surface area (Å²) in [6.45, 7) is 7.29. The highest BCUT2D eigenvalue weighted by Gasteiger charge is 2.21. The number of hydrogen-bond donors (Lipinski definition) is 1. The van der Waals surface area contributed by atoms with E-state index in [0.29, 0.717) is 17.9 Å². The number of anilines is 2. The van der Waals surface area contributed by atoms with Gasteiger partial charge in [-0.25, -0.2) is 0 Å². The number of rotatable bonds is 6. The van der Waals surface area contributed by atoms with Gasteiger partial charge < -0.3 is 19.9 Å². The highest BCUT2D eigenvalue weighted by atomic mass is 16.5. The van der Waals surface area contributed by atoms with Crippen LogP contribution in [-0.2, 0) is 4.79 Å². The van der Waals surface area contributed by atoms with Gasteiger partial charge in [0.05, 0.1) is 7.11 Å². The van der Waals surface area contributed by atoms with Gasteiger partial charge in [-0.15, -0.1) is 0 Å². The molecule has 29 heavy (non-hydrogen) atoms. The van der Waals surface area contributed by atoms with Crippen molar-refractivity contribution in [3.05, 3.63) is 54.1 Å². The predicted octanol–water partition coefficient (Wildman–Crippen LogP) is 3.64. The summed E-state index contributed by atoms with van der Waals surface area (Å²) in [6, 6.07) is 14.9. The van der Waals surface area contributed by atoms with Crippen molar-refractivity contribution < 1.29 is 14.3 Å². The number of amides is 2. The summed E-state index contributed by atoms with van der Waals surface area (Å²) in [5.74, 6) is 1.20. The average molecular weight is 396 g/mol. The van der Waals surface area contributed by atoms with Crippen LogP contribution in [0.15, 0.2) is 48.5 Å². The van der Waals surface area contributed by atoms with Crippen LogP contribution in [0.3, 0.4) is 0 Å². The fourth-order valence-electron chi connectivity index (χ4n) is 3.39. The summed E-state index contributed by atoms with van der Waals surface area (Å²) in [7, 11) is 1.60. The molecule has 3 rings (SSSR count). The second-order valence-corrected chi connectivity index (χ2v) is 7.70. The second-order valence-electron chi connectivity index (χ2n) is 7.70. The third-order valence-electron chi connectivity index (χ3n) is 5.06. The van der Waals surface area contributed by atoms with Gasteiger partial charge in [-0.2, -0.15) is 0 Å². The first kappa shape index (κ1) is 20.7. The lowest BCUT2D eigenvalue weighted by atomic mass is 10.1. The van der Waals surface area contributed by atoms with Crippen molar-refractivity contribution in [2.24, 2.45) is 5.92 Å². The largest absolute Gasteiger partial charge is 0.497 e. The molecule has 2 aromatic carbocycles. The highest BCUT2D eigenvalue weighted by molar-refractivity contribution is 6.04. The van der Waals surface area contributed by atoms with Crippen molar-refractivity contribution in [1.82, 2.24) is 4.90 Å². The van der Waals surface area contributed by atoms with Crippen LogP contribution < -0.4 is 15.0 Å². The Balaban J connectivity index is 1.53. The number of piperazine rings is 1. The van der Waals surface area contributed by atoms with Gasteiger partial charge >= 0.3 is 0 Å². The molecule has 1 saturated heterocycles. The van der Waals surface area contributed by atoms with Crippen LogP contribution in [0, 0.1) is 5.92 Å². The fraction of sp³-hybridized carbons (Fsp3) is 0.391. The molecule has 0 aliphatic carbocycles. The molecule has 6 nitrogen and oxygen atoms in total. The lowest BCUT2D eigenvalue weighted by Crippen LogP contribution is -2.49. The Hall–Kier alpha value is -3.02. The van der Waals surface area contributed by atoms with Crippen LogP contribution in [0.5, 0.6) is 5.75 Å². The molecular formula is C23H29N3O3. The Morgan fingerprint density at radius 2 is 1.59 bits per heavy atom. The molecule has 154 valence electrons. The smallest absolute Gasteiger partial charge is 0.255 e. The SMILES string of the molecule is COc1ccc(C(=O)Nc2ccc(N3CCN(C(=O)CC(C)C)CC3)cc2)cc1. The standard InChI is InChI=1S/C23H29N3O3/c1-17(2)16-22(27)26-14-12-25(13-15-26)20-8-6-19(7-9-20)24-23(28)18-4-10-21(29-3)11-5-18/h4-11,17H,12-16H2,1-3H3,(H,24,28). The molecule has 1 heterocycles. The predicted molar refractivity (Wildman–Crippen MR) is 116 cm³/mol. The van der Waals surface area contributed by atoms with E-state index in [1.54, 1.807) is 31.4 Å². The monoisotopic (exact) mass is 395 g/mol. The van der Waals surface area contributed by atoms with Gasteiger partial charge in [-0.1, -0.05) is 13.8 Å². The molecule has 0 bridgehead atoms. The Bertz CT molecular complexity index is 823. The number of hydrogen-bond acceptors (Lipinski definition) is 4. The second kappa shape index (κ2) is 9.45. The van der Waals surface area contributed by atoms with E-state index >= 15 is 0 Å². The average Bonchev–Trinajstić information content (AvgIpc) is 2.74. The zero-order valence-corrected chi connectivity index (χ0v) is 17.4. The topological polar surface area (TPSA) is 61.9 Å². The van der Waals surface area contributed by atoms with Crippen LogP contribution in [-0.4, -0.2) is 50.0 Å². The van der Waals surface area contributed by atoms with Gasteiger partial charge in [-0.05, 0) is 54.4 Å². The molecule has 0 unspecified atom stereocenters. The number of nitrogens with zero attached hydrogens (tertiary/aromatic N) is 2. The number of benzene rings is 2. The maximum Gasteiger partial charge on any atom is 0.255 e. The van der Waals surface area contributed by atoms with Crippen LogP contribution in [0.25, 0.3) is 0 Å². The number of ether oxygens (including phenoxy) is 1. The minimum Gasteiger partial charge on any atom is -0.497 e. The highest BCUT2D eigenvalue weighted by Crippen LogP contribution is 2.21. The molecule has 2 aromatic rings. The van der Waals surface area contributed by atoms with E-state index in [1.807, 2.05) is 29.2 Å². The summed E-state index contributed by atoms with van der Waals surface area (Å²) in [5, 5.41) is 2.91. The van der Waals surface area contributed by atoms with Gasteiger partial charge in [-0.3, -0.25) is 9.59 Å². The number of methoxy groups -OCH3 is 1. The first-order chi connectivity index (χ1) is 14.0. The van der Waals surface area contributed by atoms with E-state index in [2.05, 4.69) is 24.1 Å². The normalized spacial score (nSPS) is 14.1. The van der Waals surface area contributed by atoms with Crippen molar-refractivity contribution >= 4 is 23.2 Å². The van der Waals surface area contributed by atoms with Crippen LogP contribution in [0.2, 0.25) is 0 Å². The summed E-state index contributed by atoms with van der Waals surface area (Å²) < 4.78 is 5.12. The van der Waals surface area contributed by atoms with E-state index in [-0.39, 0.29) is 11.8 Å². The van der Waals surface area contributed by atoms with Crippen LogP contribution in [0.4, 0.5) is 11.4 Å². The molecule has 0 spiro atoms. The van der Waals surface area contributed by atoms with E-state index in [1.165, 1.54) is 0 Å². The minimum absolute atomic E-state index is 0.155. The van der Waals surface area contributed by atoms with Gasteiger partial charge in [0.1, 0.15) is 5.75 Å². The summed E-state index contributed by atoms with van der Waals surface area (Å²) in [5.41, 5.74) is 2.43. The molecule has 1 fully saturated rings. The molecule has 0 radical (unpaired) electrons. The maximum atomic E-state index is 12.4. The first-order valence-corrected chi connectivity index (χ1v) is 10.0. The third-order valence-corrected chi connectivity index (χ3v) is 5.06. The molecule has 1 aliphatic heterocycles. The number of nitrogens with one attached hydrogen (secondary N) is 1. The zero-order chi connectivity index (χ0) is 20.8. The van der Waals surface area contributed by atoms with Crippen LogP contribution >= 0.6 is 0 Å². The molecule has 0 saturated carbocycles. The molecule has 2 amide bonds. The van der Waals surface area contributed by atoms with Crippen molar-refractivity contribution in [3.63, 3.8) is 0 Å². The summed E-state index contributed by atoms with van der Waals surface area (Å²) in [4.78, 5) is 28.8.